The van der Waals surface area contributed by atoms with Crippen molar-refractivity contribution in [1.82, 2.24) is 14.1 Å². The Morgan fingerprint density at radius 3 is 2.45 bits per heavy atom. The van der Waals surface area contributed by atoms with Crippen molar-refractivity contribution in [1.29, 1.82) is 5.26 Å². The Labute approximate surface area is 180 Å². The van der Waals surface area contributed by atoms with Gasteiger partial charge in [0.25, 0.3) is 5.91 Å². The quantitative estimate of drug-likeness (QED) is 0.705. The minimum atomic E-state index is -3.83. The second-order valence-electron chi connectivity index (χ2n) is 7.47. The number of furan rings is 1. The molecule has 2 aliphatic heterocycles. The molecular weight excluding hydrogens is 420 g/mol. The third kappa shape index (κ3) is 3.94. The predicted octanol–water partition coefficient (Wildman–Crippen LogP) is 1.29. The Balaban J connectivity index is 1.43. The number of amides is 2. The molecule has 2 amide bonds. The zero-order valence-corrected chi connectivity index (χ0v) is 17.6. The van der Waals surface area contributed by atoms with Gasteiger partial charge in [-0.1, -0.05) is 12.1 Å². The second-order valence-corrected chi connectivity index (χ2v) is 9.38. The second kappa shape index (κ2) is 8.53. The first-order valence-corrected chi connectivity index (χ1v) is 11.5. The zero-order chi connectivity index (χ0) is 22.0. The van der Waals surface area contributed by atoms with E-state index in [0.717, 1.165) is 6.42 Å². The van der Waals surface area contributed by atoms with E-state index >= 15 is 0 Å². The number of sulfonamides is 1. The largest absolute Gasteiger partial charge is 0.459 e. The minimum absolute atomic E-state index is 0.0247. The van der Waals surface area contributed by atoms with Crippen LogP contribution < -0.4 is 0 Å². The van der Waals surface area contributed by atoms with Crippen molar-refractivity contribution < 1.29 is 22.4 Å². The van der Waals surface area contributed by atoms with E-state index in [-0.39, 0.29) is 54.2 Å². The lowest BCUT2D eigenvalue weighted by atomic mass is 10.1. The summed E-state index contributed by atoms with van der Waals surface area (Å²) in [6.45, 7) is 1.20. The first kappa shape index (κ1) is 21.1. The van der Waals surface area contributed by atoms with Crippen molar-refractivity contribution in [2.45, 2.75) is 23.8 Å². The topological polar surface area (TPSA) is 115 Å². The molecule has 0 saturated carbocycles. The van der Waals surface area contributed by atoms with Gasteiger partial charge in [-0.3, -0.25) is 9.59 Å². The van der Waals surface area contributed by atoms with E-state index in [2.05, 4.69) is 0 Å². The number of carbonyl (C=O) groups excluding carboxylic acids is 2. The van der Waals surface area contributed by atoms with Crippen molar-refractivity contribution in [3.63, 3.8) is 0 Å². The van der Waals surface area contributed by atoms with E-state index < -0.39 is 16.1 Å². The minimum Gasteiger partial charge on any atom is -0.459 e. The summed E-state index contributed by atoms with van der Waals surface area (Å²) in [4.78, 5) is 28.9. The van der Waals surface area contributed by atoms with Gasteiger partial charge < -0.3 is 14.2 Å². The van der Waals surface area contributed by atoms with Gasteiger partial charge in [-0.15, -0.1) is 0 Å². The average molecular weight is 442 g/mol. The summed E-state index contributed by atoms with van der Waals surface area (Å²) in [5.74, 6) is -0.283. The highest BCUT2D eigenvalue weighted by atomic mass is 32.2. The molecule has 31 heavy (non-hydrogen) atoms. The van der Waals surface area contributed by atoms with Gasteiger partial charge in [0.1, 0.15) is 12.1 Å². The van der Waals surface area contributed by atoms with Crippen molar-refractivity contribution in [2.75, 3.05) is 32.7 Å². The lowest BCUT2D eigenvalue weighted by molar-refractivity contribution is -0.136. The summed E-state index contributed by atoms with van der Waals surface area (Å²) in [6, 6.07) is 10.6. The molecule has 0 aliphatic carbocycles. The number of benzene rings is 1. The molecule has 1 aromatic heterocycles. The van der Waals surface area contributed by atoms with E-state index in [4.69, 9.17) is 4.42 Å². The Morgan fingerprint density at radius 1 is 1.03 bits per heavy atom. The summed E-state index contributed by atoms with van der Waals surface area (Å²) < 4.78 is 32.4. The number of piperazine rings is 1. The summed E-state index contributed by atoms with van der Waals surface area (Å²) in [7, 11) is -3.83. The van der Waals surface area contributed by atoms with Crippen LogP contribution >= 0.6 is 0 Å². The molecule has 9 nitrogen and oxygen atoms in total. The molecule has 1 unspecified atom stereocenters. The molecule has 0 spiro atoms. The Bertz CT molecular complexity index is 1110. The van der Waals surface area contributed by atoms with Gasteiger partial charge in [0.2, 0.25) is 15.9 Å². The maximum atomic E-state index is 13.1. The number of likely N-dealkylation sites (tertiary alicyclic amines) is 1. The number of carbonyl (C=O) groups is 2. The molecule has 0 bridgehead atoms. The molecule has 3 heterocycles. The number of nitriles is 1. The van der Waals surface area contributed by atoms with Crippen molar-refractivity contribution in [3.8, 4) is 6.07 Å². The molecule has 1 aromatic carbocycles. The van der Waals surface area contributed by atoms with Crippen molar-refractivity contribution in [2.24, 2.45) is 0 Å². The standard InChI is InChI=1S/C21H22N4O5S/c22-15-16-5-1-2-8-19(16)31(28,29)24-12-10-23(11-13-24)20(26)17-6-3-9-25(17)21(27)18-7-4-14-30-18/h1-2,4-5,7-8,14,17H,3,6,9-13H2. The maximum Gasteiger partial charge on any atom is 0.290 e. The number of hydrogen-bond acceptors (Lipinski definition) is 6. The number of nitrogens with zero attached hydrogens (tertiary/aromatic N) is 4. The fourth-order valence-electron chi connectivity index (χ4n) is 4.09. The molecule has 162 valence electrons. The molecule has 0 N–H and O–H groups in total. The van der Waals surface area contributed by atoms with E-state index in [0.29, 0.717) is 13.0 Å². The normalized spacial score (nSPS) is 19.9. The van der Waals surface area contributed by atoms with Gasteiger partial charge in [-0.25, -0.2) is 8.42 Å². The SMILES string of the molecule is N#Cc1ccccc1S(=O)(=O)N1CCN(C(=O)C2CCCN2C(=O)c2ccco2)CC1. The highest BCUT2D eigenvalue weighted by Gasteiger charge is 2.39. The van der Waals surface area contributed by atoms with Crippen LogP contribution in [0, 0.1) is 11.3 Å². The van der Waals surface area contributed by atoms with E-state index in [1.807, 2.05) is 6.07 Å². The third-order valence-corrected chi connectivity index (χ3v) is 7.66. The van der Waals surface area contributed by atoms with Crippen LogP contribution in [0.3, 0.4) is 0 Å². The van der Waals surface area contributed by atoms with Crippen molar-refractivity contribution in [3.05, 3.63) is 54.0 Å². The van der Waals surface area contributed by atoms with Gasteiger partial charge in [-0.05, 0) is 37.1 Å². The lowest BCUT2D eigenvalue weighted by Gasteiger charge is -2.36. The molecule has 1 atom stereocenters. The smallest absolute Gasteiger partial charge is 0.290 e. The first-order chi connectivity index (χ1) is 14.9. The molecule has 4 rings (SSSR count). The van der Waals surface area contributed by atoms with Gasteiger partial charge >= 0.3 is 0 Å². The maximum absolute atomic E-state index is 13.1. The van der Waals surface area contributed by atoms with Crippen LogP contribution in [0.15, 0.2) is 52.0 Å². The summed E-state index contributed by atoms with van der Waals surface area (Å²) in [5.41, 5.74) is 0.0963. The van der Waals surface area contributed by atoms with Crippen LogP contribution in [0.5, 0.6) is 0 Å². The van der Waals surface area contributed by atoms with Crippen LogP contribution in [0.4, 0.5) is 0 Å². The highest BCUT2D eigenvalue weighted by molar-refractivity contribution is 7.89. The average Bonchev–Trinajstić information content (AvgIpc) is 3.50. The van der Waals surface area contributed by atoms with Gasteiger partial charge in [0.05, 0.1) is 16.7 Å². The molecule has 2 aliphatic rings. The molecular formula is C21H22N4O5S. The van der Waals surface area contributed by atoms with Gasteiger partial charge in [-0.2, -0.15) is 9.57 Å². The first-order valence-electron chi connectivity index (χ1n) is 10.1. The molecule has 2 aromatic rings. The highest BCUT2D eigenvalue weighted by Crippen LogP contribution is 2.25. The monoisotopic (exact) mass is 442 g/mol. The predicted molar refractivity (Wildman–Crippen MR) is 109 cm³/mol. The van der Waals surface area contributed by atoms with Gasteiger partial charge in [0, 0.05) is 32.7 Å². The Morgan fingerprint density at radius 2 is 1.77 bits per heavy atom. The summed E-state index contributed by atoms with van der Waals surface area (Å²) in [6.07, 6.45) is 2.71. The number of hydrogen-bond donors (Lipinski definition) is 0. The number of rotatable bonds is 4. The molecule has 0 radical (unpaired) electrons. The Kier molecular flexibility index (Phi) is 5.80. The molecule has 2 fully saturated rings. The van der Waals surface area contributed by atoms with E-state index in [1.54, 1.807) is 29.2 Å². The van der Waals surface area contributed by atoms with Crippen LogP contribution in [0.2, 0.25) is 0 Å². The Hall–Kier alpha value is -3.16. The molecule has 2 saturated heterocycles. The van der Waals surface area contributed by atoms with E-state index in [9.17, 15) is 23.3 Å². The van der Waals surface area contributed by atoms with Crippen LogP contribution in [-0.4, -0.2) is 73.1 Å². The lowest BCUT2D eigenvalue weighted by Crippen LogP contribution is -2.55. The van der Waals surface area contributed by atoms with Crippen molar-refractivity contribution >= 4 is 21.8 Å². The van der Waals surface area contributed by atoms with Crippen LogP contribution in [0.25, 0.3) is 0 Å². The summed E-state index contributed by atoms with van der Waals surface area (Å²) >= 11 is 0. The molecule has 10 heteroatoms. The van der Waals surface area contributed by atoms with Crippen LogP contribution in [0.1, 0.15) is 29.0 Å². The fraction of sp³-hybridized carbons (Fsp3) is 0.381. The third-order valence-electron chi connectivity index (χ3n) is 5.71. The van der Waals surface area contributed by atoms with Gasteiger partial charge in [0.15, 0.2) is 5.76 Å². The fourth-order valence-corrected chi connectivity index (χ4v) is 5.66. The van der Waals surface area contributed by atoms with E-state index in [1.165, 1.54) is 27.6 Å². The summed E-state index contributed by atoms with van der Waals surface area (Å²) in [5, 5.41) is 9.23. The zero-order valence-electron chi connectivity index (χ0n) is 16.8. The van der Waals surface area contributed by atoms with Crippen LogP contribution in [-0.2, 0) is 14.8 Å².